The van der Waals surface area contributed by atoms with Gasteiger partial charge in [-0.3, -0.25) is 9.10 Å². The average molecular weight is 459 g/mol. The number of ether oxygens (including phenoxy) is 1. The fourth-order valence-corrected chi connectivity index (χ4v) is 3.72. The Morgan fingerprint density at radius 1 is 1.22 bits per heavy atom. The molecule has 0 aromatic heterocycles. The molecule has 0 aliphatic heterocycles. The van der Waals surface area contributed by atoms with Gasteiger partial charge in [0.1, 0.15) is 11.6 Å². The molecule has 2 aromatic carbocycles. The van der Waals surface area contributed by atoms with E-state index in [2.05, 4.69) is 21.2 Å². The molecule has 0 saturated carbocycles. The standard InChI is InChI=1S/C18H20BrFN2O4S/c1-26-15-8-6-14(7-9-15)22(27(2,24)25)11-3-4-18(23)21-17-10-5-13(19)12-16(17)20/h5-10,12H,3-4,11H2,1-2H3,(H,21,23). The molecule has 1 N–H and O–H groups in total. The van der Waals surface area contributed by atoms with Crippen molar-refractivity contribution in [1.29, 1.82) is 0 Å². The number of nitrogens with zero attached hydrogens (tertiary/aromatic N) is 1. The number of halogens is 2. The van der Waals surface area contributed by atoms with E-state index in [4.69, 9.17) is 4.74 Å². The number of sulfonamides is 1. The molecule has 146 valence electrons. The molecule has 0 bridgehead atoms. The number of carbonyl (C=O) groups excluding carboxylic acids is 1. The lowest BCUT2D eigenvalue weighted by molar-refractivity contribution is -0.116. The number of methoxy groups -OCH3 is 1. The molecule has 0 saturated heterocycles. The lowest BCUT2D eigenvalue weighted by Crippen LogP contribution is -2.31. The van der Waals surface area contributed by atoms with Gasteiger partial charge >= 0.3 is 0 Å². The molecule has 0 spiro atoms. The van der Waals surface area contributed by atoms with Crippen LogP contribution in [0.5, 0.6) is 5.75 Å². The van der Waals surface area contributed by atoms with Crippen LogP contribution in [-0.4, -0.2) is 34.2 Å². The SMILES string of the molecule is COc1ccc(N(CCCC(=O)Nc2ccc(Br)cc2F)S(C)(=O)=O)cc1. The molecular weight excluding hydrogens is 439 g/mol. The highest BCUT2D eigenvalue weighted by Crippen LogP contribution is 2.22. The Morgan fingerprint density at radius 2 is 1.89 bits per heavy atom. The van der Waals surface area contributed by atoms with Crippen molar-refractivity contribution in [3.8, 4) is 5.75 Å². The summed E-state index contributed by atoms with van der Waals surface area (Å²) < 4.78 is 44.8. The van der Waals surface area contributed by atoms with Crippen molar-refractivity contribution in [3.63, 3.8) is 0 Å². The van der Waals surface area contributed by atoms with Crippen molar-refractivity contribution in [2.45, 2.75) is 12.8 Å². The van der Waals surface area contributed by atoms with Gasteiger partial charge in [0.25, 0.3) is 0 Å². The number of anilines is 2. The first-order valence-corrected chi connectivity index (χ1v) is 10.7. The molecule has 0 aliphatic carbocycles. The maximum atomic E-state index is 13.8. The highest BCUT2D eigenvalue weighted by molar-refractivity contribution is 9.10. The van der Waals surface area contributed by atoms with Crippen LogP contribution in [0.4, 0.5) is 15.8 Å². The van der Waals surface area contributed by atoms with E-state index < -0.39 is 15.8 Å². The summed E-state index contributed by atoms with van der Waals surface area (Å²) in [6.07, 6.45) is 1.44. The maximum absolute atomic E-state index is 13.8. The summed E-state index contributed by atoms with van der Waals surface area (Å²) in [7, 11) is -1.99. The number of hydrogen-bond acceptors (Lipinski definition) is 4. The number of benzene rings is 2. The van der Waals surface area contributed by atoms with E-state index >= 15 is 0 Å². The largest absolute Gasteiger partial charge is 0.497 e. The van der Waals surface area contributed by atoms with Gasteiger partial charge in [0, 0.05) is 17.4 Å². The van der Waals surface area contributed by atoms with Crippen LogP contribution in [0.15, 0.2) is 46.9 Å². The van der Waals surface area contributed by atoms with Gasteiger partial charge < -0.3 is 10.1 Å². The van der Waals surface area contributed by atoms with E-state index in [9.17, 15) is 17.6 Å². The molecule has 9 heteroatoms. The van der Waals surface area contributed by atoms with Crippen molar-refractivity contribution >= 4 is 43.2 Å². The van der Waals surface area contributed by atoms with Crippen LogP contribution in [0.25, 0.3) is 0 Å². The Bertz CT molecular complexity index is 904. The summed E-state index contributed by atoms with van der Waals surface area (Å²) in [4.78, 5) is 12.0. The second-order valence-electron chi connectivity index (χ2n) is 5.81. The summed E-state index contributed by atoms with van der Waals surface area (Å²) >= 11 is 3.15. The number of hydrogen-bond donors (Lipinski definition) is 1. The van der Waals surface area contributed by atoms with Gasteiger partial charge in [0.2, 0.25) is 15.9 Å². The zero-order valence-electron chi connectivity index (χ0n) is 14.9. The fourth-order valence-electron chi connectivity index (χ4n) is 2.42. The first kappa shape index (κ1) is 21.2. The third-order valence-electron chi connectivity index (χ3n) is 3.73. The first-order chi connectivity index (χ1) is 12.7. The highest BCUT2D eigenvalue weighted by atomic mass is 79.9. The lowest BCUT2D eigenvalue weighted by atomic mass is 10.2. The van der Waals surface area contributed by atoms with Crippen molar-refractivity contribution < 1.29 is 22.3 Å². The van der Waals surface area contributed by atoms with Crippen LogP contribution in [-0.2, 0) is 14.8 Å². The predicted molar refractivity (Wildman–Crippen MR) is 107 cm³/mol. The van der Waals surface area contributed by atoms with E-state index in [0.717, 1.165) is 6.26 Å². The van der Waals surface area contributed by atoms with Gasteiger partial charge in [0.05, 0.1) is 24.7 Å². The van der Waals surface area contributed by atoms with E-state index in [1.54, 1.807) is 30.3 Å². The molecule has 1 amide bonds. The van der Waals surface area contributed by atoms with Gasteiger partial charge in [-0.2, -0.15) is 0 Å². The third kappa shape index (κ3) is 6.21. The summed E-state index contributed by atoms with van der Waals surface area (Å²) in [6, 6.07) is 10.9. The maximum Gasteiger partial charge on any atom is 0.232 e. The van der Waals surface area contributed by atoms with Crippen LogP contribution in [0.1, 0.15) is 12.8 Å². The molecule has 0 aliphatic rings. The Balaban J connectivity index is 1.97. The zero-order chi connectivity index (χ0) is 20.0. The first-order valence-electron chi connectivity index (χ1n) is 8.07. The number of amides is 1. The minimum atomic E-state index is -3.51. The molecule has 27 heavy (non-hydrogen) atoms. The Kier molecular flexibility index (Phi) is 7.20. The van der Waals surface area contributed by atoms with Gasteiger partial charge in [0.15, 0.2) is 0 Å². The molecule has 0 unspecified atom stereocenters. The summed E-state index contributed by atoms with van der Waals surface area (Å²) in [5, 5.41) is 2.49. The van der Waals surface area contributed by atoms with Crippen molar-refractivity contribution in [2.24, 2.45) is 0 Å². The predicted octanol–water partition coefficient (Wildman–Crippen LogP) is 3.78. The lowest BCUT2D eigenvalue weighted by Gasteiger charge is -2.22. The fraction of sp³-hybridized carbons (Fsp3) is 0.278. The van der Waals surface area contributed by atoms with Crippen LogP contribution >= 0.6 is 15.9 Å². The Hall–Kier alpha value is -2.13. The molecule has 0 radical (unpaired) electrons. The number of carbonyl (C=O) groups is 1. The minimum Gasteiger partial charge on any atom is -0.497 e. The number of rotatable bonds is 8. The van der Waals surface area contributed by atoms with E-state index in [1.165, 1.54) is 23.5 Å². The summed E-state index contributed by atoms with van der Waals surface area (Å²) in [5.74, 6) is -0.323. The molecule has 2 aromatic rings. The second-order valence-corrected chi connectivity index (χ2v) is 8.63. The van der Waals surface area contributed by atoms with Crippen LogP contribution in [0.2, 0.25) is 0 Å². The highest BCUT2D eigenvalue weighted by Gasteiger charge is 2.18. The van der Waals surface area contributed by atoms with Gasteiger partial charge in [-0.1, -0.05) is 15.9 Å². The molecule has 6 nitrogen and oxygen atoms in total. The molecule has 0 atom stereocenters. The van der Waals surface area contributed by atoms with Crippen molar-refractivity contribution in [1.82, 2.24) is 0 Å². The van der Waals surface area contributed by atoms with Crippen LogP contribution in [0, 0.1) is 5.82 Å². The summed E-state index contributed by atoms with van der Waals surface area (Å²) in [6.45, 7) is 0.126. The van der Waals surface area contributed by atoms with Crippen LogP contribution in [0.3, 0.4) is 0 Å². The molecule has 2 rings (SSSR count). The van der Waals surface area contributed by atoms with Crippen LogP contribution < -0.4 is 14.4 Å². The average Bonchev–Trinajstić information content (AvgIpc) is 2.60. The smallest absolute Gasteiger partial charge is 0.232 e. The third-order valence-corrected chi connectivity index (χ3v) is 5.42. The normalized spacial score (nSPS) is 11.1. The Morgan fingerprint density at radius 3 is 2.44 bits per heavy atom. The molecule has 0 heterocycles. The van der Waals surface area contributed by atoms with E-state index in [-0.39, 0.29) is 31.0 Å². The number of nitrogens with one attached hydrogen (secondary N) is 1. The second kappa shape index (κ2) is 9.18. The minimum absolute atomic E-state index is 0.0533. The zero-order valence-corrected chi connectivity index (χ0v) is 17.3. The quantitative estimate of drug-likeness (QED) is 0.652. The summed E-state index contributed by atoms with van der Waals surface area (Å²) in [5.41, 5.74) is 0.566. The Labute approximate surface area is 166 Å². The molecule has 0 fully saturated rings. The molecular formula is C18H20BrFN2O4S. The monoisotopic (exact) mass is 458 g/mol. The van der Waals surface area contributed by atoms with Gasteiger partial charge in [-0.05, 0) is 48.9 Å². The van der Waals surface area contributed by atoms with Gasteiger partial charge in [-0.15, -0.1) is 0 Å². The van der Waals surface area contributed by atoms with Crippen molar-refractivity contribution in [3.05, 3.63) is 52.8 Å². The van der Waals surface area contributed by atoms with Gasteiger partial charge in [-0.25, -0.2) is 12.8 Å². The van der Waals surface area contributed by atoms with E-state index in [0.29, 0.717) is 15.9 Å². The van der Waals surface area contributed by atoms with E-state index in [1.807, 2.05) is 0 Å². The van der Waals surface area contributed by atoms with Crippen molar-refractivity contribution in [2.75, 3.05) is 29.5 Å². The topological polar surface area (TPSA) is 75.7 Å².